The molecule has 1 unspecified atom stereocenters. The molecule has 27 heavy (non-hydrogen) atoms. The van der Waals surface area contributed by atoms with Crippen LogP contribution in [0, 0.1) is 5.92 Å². The first-order chi connectivity index (χ1) is 11.9. The van der Waals surface area contributed by atoms with Crippen molar-refractivity contribution >= 4 is 6.09 Å². The first kappa shape index (κ1) is 26.2. The standard InChI is InChI=1S/C22H45NO4/c1-17(16-21(8,9)23-18(24)27-20(5,6)7)12-13-22(10,11)26-15-14-25-19(2,3)4/h17H,12-16H2,1-11H3,(H,23,24). The SMILES string of the molecule is CC(CCC(C)(C)OCCOC(C)(C)C)CC(C)(C)NC(=O)OC(C)(C)C. The quantitative estimate of drug-likeness (QED) is 0.488. The number of hydrogen-bond donors (Lipinski definition) is 1. The van der Waals surface area contributed by atoms with E-state index in [2.05, 4.69) is 26.1 Å². The average molecular weight is 388 g/mol. The van der Waals surface area contributed by atoms with Crippen LogP contribution in [0.25, 0.3) is 0 Å². The summed E-state index contributed by atoms with van der Waals surface area (Å²) in [7, 11) is 0. The lowest BCUT2D eigenvalue weighted by Gasteiger charge is -2.32. The summed E-state index contributed by atoms with van der Waals surface area (Å²) < 4.78 is 17.1. The first-order valence-corrected chi connectivity index (χ1v) is 10.2. The molecule has 0 rings (SSSR count). The molecule has 0 spiro atoms. The summed E-state index contributed by atoms with van der Waals surface area (Å²) in [6.45, 7) is 23.5. The van der Waals surface area contributed by atoms with Crippen LogP contribution in [0.3, 0.4) is 0 Å². The van der Waals surface area contributed by atoms with Crippen molar-refractivity contribution in [2.45, 2.75) is 118 Å². The fraction of sp³-hybridized carbons (Fsp3) is 0.955. The van der Waals surface area contributed by atoms with Crippen molar-refractivity contribution in [3.63, 3.8) is 0 Å². The molecule has 0 saturated heterocycles. The predicted molar refractivity (Wildman–Crippen MR) is 112 cm³/mol. The third-order valence-corrected chi connectivity index (χ3v) is 4.05. The fourth-order valence-corrected chi connectivity index (χ4v) is 2.94. The third kappa shape index (κ3) is 15.9. The molecule has 0 aliphatic heterocycles. The number of ether oxygens (including phenoxy) is 3. The zero-order valence-electron chi connectivity index (χ0n) is 19.7. The summed E-state index contributed by atoms with van der Waals surface area (Å²) in [5.74, 6) is 0.462. The van der Waals surface area contributed by atoms with E-state index in [1.165, 1.54) is 0 Å². The largest absolute Gasteiger partial charge is 0.444 e. The van der Waals surface area contributed by atoms with Crippen molar-refractivity contribution in [2.75, 3.05) is 13.2 Å². The number of nitrogens with one attached hydrogen (secondary N) is 1. The Balaban J connectivity index is 4.27. The summed E-state index contributed by atoms with van der Waals surface area (Å²) in [5.41, 5.74) is -1.11. The van der Waals surface area contributed by atoms with Crippen molar-refractivity contribution in [1.82, 2.24) is 5.32 Å². The van der Waals surface area contributed by atoms with Crippen molar-refractivity contribution in [1.29, 1.82) is 0 Å². The Morgan fingerprint density at radius 1 is 0.852 bits per heavy atom. The van der Waals surface area contributed by atoms with Crippen LogP contribution in [0.15, 0.2) is 0 Å². The Hall–Kier alpha value is -0.810. The highest BCUT2D eigenvalue weighted by Crippen LogP contribution is 2.26. The lowest BCUT2D eigenvalue weighted by Crippen LogP contribution is -2.46. The minimum Gasteiger partial charge on any atom is -0.444 e. The molecule has 0 aromatic heterocycles. The van der Waals surface area contributed by atoms with E-state index >= 15 is 0 Å². The summed E-state index contributed by atoms with van der Waals surface area (Å²) >= 11 is 0. The molecule has 0 aromatic rings. The molecule has 0 aliphatic rings. The van der Waals surface area contributed by atoms with Crippen LogP contribution in [-0.4, -0.2) is 41.6 Å². The van der Waals surface area contributed by atoms with Crippen molar-refractivity contribution < 1.29 is 19.0 Å². The van der Waals surface area contributed by atoms with Crippen LogP contribution >= 0.6 is 0 Å². The molecule has 0 saturated carbocycles. The Bertz CT molecular complexity index is 444. The van der Waals surface area contributed by atoms with Gasteiger partial charge in [0.05, 0.1) is 24.4 Å². The molecule has 0 heterocycles. The van der Waals surface area contributed by atoms with Gasteiger partial charge in [-0.25, -0.2) is 4.79 Å². The minimum atomic E-state index is -0.482. The number of alkyl carbamates (subject to hydrolysis) is 1. The molecule has 0 fully saturated rings. The monoisotopic (exact) mass is 387 g/mol. The van der Waals surface area contributed by atoms with Crippen LogP contribution in [0.1, 0.15) is 95.4 Å². The normalized spacial score (nSPS) is 14.8. The molecule has 1 N–H and O–H groups in total. The van der Waals surface area contributed by atoms with E-state index in [-0.39, 0.29) is 22.8 Å². The molecule has 162 valence electrons. The zero-order chi connectivity index (χ0) is 21.5. The number of hydrogen-bond acceptors (Lipinski definition) is 4. The maximum atomic E-state index is 12.0. The summed E-state index contributed by atoms with van der Waals surface area (Å²) in [5, 5.41) is 2.99. The van der Waals surface area contributed by atoms with E-state index in [0.717, 1.165) is 19.3 Å². The van der Waals surface area contributed by atoms with Crippen LogP contribution in [0.4, 0.5) is 4.79 Å². The van der Waals surface area contributed by atoms with Crippen LogP contribution < -0.4 is 5.32 Å². The van der Waals surface area contributed by atoms with Crippen molar-refractivity contribution in [3.8, 4) is 0 Å². The van der Waals surface area contributed by atoms with E-state index in [1.54, 1.807) is 0 Å². The Kier molecular flexibility index (Phi) is 9.80. The van der Waals surface area contributed by atoms with Crippen molar-refractivity contribution in [2.24, 2.45) is 5.92 Å². The van der Waals surface area contributed by atoms with E-state index in [0.29, 0.717) is 19.1 Å². The van der Waals surface area contributed by atoms with E-state index in [1.807, 2.05) is 55.4 Å². The van der Waals surface area contributed by atoms with E-state index < -0.39 is 5.60 Å². The van der Waals surface area contributed by atoms with Gasteiger partial charge in [-0.15, -0.1) is 0 Å². The number of carbonyl (C=O) groups excluding carboxylic acids is 1. The lowest BCUT2D eigenvalue weighted by molar-refractivity contribution is -0.0825. The Morgan fingerprint density at radius 2 is 1.37 bits per heavy atom. The van der Waals surface area contributed by atoms with Crippen LogP contribution in [0.2, 0.25) is 0 Å². The van der Waals surface area contributed by atoms with Gasteiger partial charge in [0.15, 0.2) is 0 Å². The number of rotatable bonds is 10. The van der Waals surface area contributed by atoms with E-state index in [9.17, 15) is 4.79 Å². The van der Waals surface area contributed by atoms with Crippen molar-refractivity contribution in [3.05, 3.63) is 0 Å². The molecule has 0 aliphatic carbocycles. The summed E-state index contributed by atoms with van der Waals surface area (Å²) in [6, 6.07) is 0. The fourth-order valence-electron chi connectivity index (χ4n) is 2.94. The molecule has 0 bridgehead atoms. The number of amides is 1. The second kappa shape index (κ2) is 10.1. The highest BCUT2D eigenvalue weighted by molar-refractivity contribution is 5.68. The maximum absolute atomic E-state index is 12.0. The first-order valence-electron chi connectivity index (χ1n) is 10.2. The van der Waals surface area contributed by atoms with Gasteiger partial charge in [-0.05, 0) is 94.4 Å². The molecule has 0 radical (unpaired) electrons. The van der Waals surface area contributed by atoms with Gasteiger partial charge in [0.1, 0.15) is 5.60 Å². The topological polar surface area (TPSA) is 56.8 Å². The Morgan fingerprint density at radius 3 is 1.85 bits per heavy atom. The molecule has 0 aromatic carbocycles. The third-order valence-electron chi connectivity index (χ3n) is 4.05. The summed E-state index contributed by atoms with van der Waals surface area (Å²) in [6.07, 6.45) is 2.52. The molecule has 5 heteroatoms. The molecular weight excluding hydrogens is 342 g/mol. The van der Waals surface area contributed by atoms with Crippen LogP contribution in [-0.2, 0) is 14.2 Å². The molecule has 1 atom stereocenters. The lowest BCUT2D eigenvalue weighted by atomic mass is 9.86. The second-order valence-corrected chi connectivity index (χ2v) is 10.9. The van der Waals surface area contributed by atoms with Gasteiger partial charge in [-0.2, -0.15) is 0 Å². The van der Waals surface area contributed by atoms with Gasteiger partial charge >= 0.3 is 6.09 Å². The molecule has 5 nitrogen and oxygen atoms in total. The Labute approximate surface area is 167 Å². The second-order valence-electron chi connectivity index (χ2n) is 10.9. The highest BCUT2D eigenvalue weighted by Gasteiger charge is 2.27. The maximum Gasteiger partial charge on any atom is 0.408 e. The smallest absolute Gasteiger partial charge is 0.408 e. The van der Waals surface area contributed by atoms with Gasteiger partial charge in [0, 0.05) is 5.54 Å². The highest BCUT2D eigenvalue weighted by atomic mass is 16.6. The zero-order valence-corrected chi connectivity index (χ0v) is 19.7. The molecule has 1 amide bonds. The van der Waals surface area contributed by atoms with Gasteiger partial charge < -0.3 is 19.5 Å². The van der Waals surface area contributed by atoms with Gasteiger partial charge in [-0.3, -0.25) is 0 Å². The number of carbonyl (C=O) groups is 1. The van der Waals surface area contributed by atoms with Gasteiger partial charge in [0.2, 0.25) is 0 Å². The van der Waals surface area contributed by atoms with Crippen LogP contribution in [0.5, 0.6) is 0 Å². The summed E-state index contributed by atoms with van der Waals surface area (Å²) in [4.78, 5) is 12.0. The predicted octanol–water partition coefficient (Wildman–Crippen LogP) is 5.71. The van der Waals surface area contributed by atoms with Gasteiger partial charge in [-0.1, -0.05) is 6.92 Å². The van der Waals surface area contributed by atoms with Gasteiger partial charge in [0.25, 0.3) is 0 Å². The van der Waals surface area contributed by atoms with E-state index in [4.69, 9.17) is 14.2 Å². The minimum absolute atomic E-state index is 0.130. The molecular formula is C22H45NO4. The average Bonchev–Trinajstić information content (AvgIpc) is 2.37.